The Bertz CT molecular complexity index is 2430. The van der Waals surface area contributed by atoms with Gasteiger partial charge in [-0.05, 0) is 62.1 Å². The molecule has 1 atom stereocenters. The molecule has 268 valence electrons. The summed E-state index contributed by atoms with van der Waals surface area (Å²) in [5.41, 5.74) is 1.73. The number of imidazole rings is 1. The average Bonchev–Trinajstić information content (AvgIpc) is 3.51. The number of nitrogens with one attached hydrogen (secondary N) is 2. The van der Waals surface area contributed by atoms with Gasteiger partial charge in [-0.1, -0.05) is 48.0 Å². The largest absolute Gasteiger partial charge is 0.480 e. The van der Waals surface area contributed by atoms with Crippen molar-refractivity contribution < 1.29 is 31.9 Å². The van der Waals surface area contributed by atoms with E-state index >= 15 is 8.78 Å². The van der Waals surface area contributed by atoms with Crippen LogP contribution in [0, 0.1) is 32.4 Å². The molecule has 0 aliphatic rings. The van der Waals surface area contributed by atoms with Crippen molar-refractivity contribution in [1.82, 2.24) is 24.8 Å². The summed E-state index contributed by atoms with van der Waals surface area (Å²) in [7, 11) is -3.49. The number of aromatic amines is 1. The molecular formula is C37H34F2N6O6S. The van der Waals surface area contributed by atoms with Crippen LogP contribution in [-0.4, -0.2) is 57.5 Å². The molecule has 0 fully saturated rings. The number of amides is 1. The Morgan fingerprint density at radius 2 is 1.75 bits per heavy atom. The smallest absolute Gasteiger partial charge is 0.329 e. The number of hydrogen-bond acceptors (Lipinski definition) is 7. The van der Waals surface area contributed by atoms with Crippen molar-refractivity contribution in [3.8, 4) is 0 Å². The molecule has 12 nitrogen and oxygen atoms in total. The van der Waals surface area contributed by atoms with Crippen molar-refractivity contribution in [2.75, 3.05) is 10.8 Å². The second-order valence-electron chi connectivity index (χ2n) is 12.5. The standard InChI is InChI=1S/C37H34F2N6O6S/c1-20-14-21(2)32(22(3)15-20)45(52(50)51)29(37(48)49)18-41-36(47)26-19-44(13-11-23-8-5-4-6-9-23)33-25(34(26)46)16-27(38)24(31(33)39)17-30-42-28-10-7-12-40-35(28)43-30/h4-10,12,14-16,19,29,52H,11,13,17-18H2,1-3H3,(H,41,47)(H,48,49)(H,40,42,43). The van der Waals surface area contributed by atoms with Crippen LogP contribution in [0.1, 0.15) is 44.0 Å². The van der Waals surface area contributed by atoms with Crippen molar-refractivity contribution in [1.29, 1.82) is 0 Å². The van der Waals surface area contributed by atoms with Gasteiger partial charge < -0.3 is 20.0 Å². The maximum Gasteiger partial charge on any atom is 0.329 e. The first-order chi connectivity index (χ1) is 24.8. The molecule has 1 unspecified atom stereocenters. The lowest BCUT2D eigenvalue weighted by atomic mass is 10.0. The van der Waals surface area contributed by atoms with E-state index < -0.39 is 63.4 Å². The number of fused-ring (bicyclic) bond motifs is 2. The van der Waals surface area contributed by atoms with E-state index in [9.17, 15) is 27.9 Å². The van der Waals surface area contributed by atoms with Crippen molar-refractivity contribution in [2.45, 2.75) is 46.2 Å². The maximum absolute atomic E-state index is 16.4. The number of carboxylic acid groups (broad SMARTS) is 1. The number of carboxylic acids is 1. The molecule has 0 saturated heterocycles. The first kappa shape index (κ1) is 35.9. The minimum absolute atomic E-state index is 0.0752. The van der Waals surface area contributed by atoms with Crippen molar-refractivity contribution in [2.24, 2.45) is 0 Å². The van der Waals surface area contributed by atoms with Crippen molar-refractivity contribution in [3.05, 3.63) is 134 Å². The number of halogens is 2. The molecule has 3 aromatic heterocycles. The number of pyridine rings is 2. The van der Waals surface area contributed by atoms with Crippen LogP contribution in [0.2, 0.25) is 0 Å². The predicted molar refractivity (Wildman–Crippen MR) is 192 cm³/mol. The second-order valence-corrected chi connectivity index (χ2v) is 13.4. The molecular weight excluding hydrogens is 695 g/mol. The molecule has 6 aromatic rings. The molecule has 3 N–H and O–H groups in total. The molecule has 0 aliphatic heterocycles. The van der Waals surface area contributed by atoms with Gasteiger partial charge in [-0.25, -0.2) is 32.0 Å². The second kappa shape index (κ2) is 14.7. The Hall–Kier alpha value is -5.96. The lowest BCUT2D eigenvalue weighted by Crippen LogP contribution is -2.49. The van der Waals surface area contributed by atoms with E-state index in [-0.39, 0.29) is 35.6 Å². The Morgan fingerprint density at radius 1 is 1.04 bits per heavy atom. The highest BCUT2D eigenvalue weighted by molar-refractivity contribution is 7.74. The highest BCUT2D eigenvalue weighted by Gasteiger charge is 2.32. The normalized spacial score (nSPS) is 12.0. The van der Waals surface area contributed by atoms with Gasteiger partial charge in [-0.15, -0.1) is 0 Å². The fraction of sp³-hybridized carbons (Fsp3) is 0.216. The zero-order valence-electron chi connectivity index (χ0n) is 28.3. The molecule has 1 amide bonds. The van der Waals surface area contributed by atoms with Crippen LogP contribution in [0.3, 0.4) is 0 Å². The molecule has 0 radical (unpaired) electrons. The maximum atomic E-state index is 16.4. The Morgan fingerprint density at radius 3 is 2.40 bits per heavy atom. The van der Waals surface area contributed by atoms with Crippen LogP contribution >= 0.6 is 0 Å². The number of carbonyl (C=O) groups excluding carboxylic acids is 1. The number of benzene rings is 3. The number of anilines is 1. The third kappa shape index (κ3) is 7.12. The summed E-state index contributed by atoms with van der Waals surface area (Å²) in [6, 6.07) is 15.1. The van der Waals surface area contributed by atoms with Gasteiger partial charge in [0.15, 0.2) is 17.5 Å². The average molecular weight is 729 g/mol. The van der Waals surface area contributed by atoms with Crippen LogP contribution < -0.4 is 15.1 Å². The van der Waals surface area contributed by atoms with Gasteiger partial charge in [0.1, 0.15) is 22.7 Å². The molecule has 6 rings (SSSR count). The zero-order valence-corrected chi connectivity index (χ0v) is 29.2. The summed E-state index contributed by atoms with van der Waals surface area (Å²) in [4.78, 5) is 51.4. The van der Waals surface area contributed by atoms with Crippen LogP contribution in [0.5, 0.6) is 0 Å². The monoisotopic (exact) mass is 728 g/mol. The predicted octanol–water partition coefficient (Wildman–Crippen LogP) is 4.53. The van der Waals surface area contributed by atoms with Crippen LogP contribution in [0.25, 0.3) is 22.1 Å². The quantitative estimate of drug-likeness (QED) is 0.134. The van der Waals surface area contributed by atoms with Gasteiger partial charge in [0.05, 0.1) is 23.1 Å². The fourth-order valence-corrected chi connectivity index (χ4v) is 7.40. The molecule has 0 aliphatic carbocycles. The van der Waals surface area contributed by atoms with Crippen LogP contribution in [0.4, 0.5) is 14.5 Å². The molecule has 52 heavy (non-hydrogen) atoms. The van der Waals surface area contributed by atoms with Gasteiger partial charge >= 0.3 is 5.97 Å². The van der Waals surface area contributed by atoms with E-state index in [0.29, 0.717) is 33.0 Å². The fourth-order valence-electron chi connectivity index (χ4n) is 6.51. The van der Waals surface area contributed by atoms with Gasteiger partial charge in [0.2, 0.25) is 16.3 Å². The van der Waals surface area contributed by atoms with E-state index in [1.54, 1.807) is 44.3 Å². The van der Waals surface area contributed by atoms with Gasteiger partial charge in [-0.2, -0.15) is 0 Å². The minimum Gasteiger partial charge on any atom is -0.480 e. The summed E-state index contributed by atoms with van der Waals surface area (Å²) in [6.45, 7) is 4.45. The first-order valence-corrected chi connectivity index (χ1v) is 17.4. The van der Waals surface area contributed by atoms with E-state index in [2.05, 4.69) is 20.3 Å². The van der Waals surface area contributed by atoms with E-state index in [4.69, 9.17) is 0 Å². The summed E-state index contributed by atoms with van der Waals surface area (Å²) in [5, 5.41) is 12.1. The summed E-state index contributed by atoms with van der Waals surface area (Å²) in [5.74, 6) is -4.39. The van der Waals surface area contributed by atoms with Gasteiger partial charge in [0.25, 0.3) is 5.91 Å². The Labute approximate surface area is 297 Å². The number of aromatic nitrogens is 4. The molecule has 15 heteroatoms. The van der Waals surface area contributed by atoms with Gasteiger partial charge in [-0.3, -0.25) is 13.9 Å². The number of carbonyl (C=O) groups is 2. The van der Waals surface area contributed by atoms with Crippen LogP contribution in [-0.2, 0) is 35.1 Å². The molecule has 3 aromatic carbocycles. The Balaban J connectivity index is 1.39. The zero-order chi connectivity index (χ0) is 37.3. The van der Waals surface area contributed by atoms with Crippen molar-refractivity contribution in [3.63, 3.8) is 0 Å². The highest BCUT2D eigenvalue weighted by atomic mass is 32.2. The number of rotatable bonds is 12. The lowest BCUT2D eigenvalue weighted by molar-refractivity contribution is -0.138. The molecule has 0 spiro atoms. The van der Waals surface area contributed by atoms with Crippen LogP contribution in [0.15, 0.2) is 77.9 Å². The third-order valence-electron chi connectivity index (χ3n) is 8.80. The lowest BCUT2D eigenvalue weighted by Gasteiger charge is -2.28. The SMILES string of the molecule is Cc1cc(C)c(N(C(CNC(=O)c2cn(CCc3ccccc3)c3c(F)c(Cc4nc5cccnc5[nH]4)c(F)cc3c2=O)C(=O)O)[SH](=O)=O)c(C)c1. The highest BCUT2D eigenvalue weighted by Crippen LogP contribution is 2.29. The number of aliphatic carboxylic acids is 1. The number of thiol groups is 1. The minimum atomic E-state index is -3.49. The van der Waals surface area contributed by atoms with E-state index in [0.717, 1.165) is 23.4 Å². The number of aryl methyl sites for hydroxylation is 5. The topological polar surface area (TPSA) is 167 Å². The first-order valence-electron chi connectivity index (χ1n) is 16.2. The van der Waals surface area contributed by atoms with Crippen molar-refractivity contribution >= 4 is 50.5 Å². The summed E-state index contributed by atoms with van der Waals surface area (Å²) in [6.07, 6.45) is 2.77. The number of nitrogens with zero attached hydrogens (tertiary/aromatic N) is 4. The number of H-pyrrole nitrogens is 1. The Kier molecular flexibility index (Phi) is 10.1. The van der Waals surface area contributed by atoms with E-state index in [1.165, 1.54) is 4.57 Å². The van der Waals surface area contributed by atoms with Gasteiger partial charge in [0, 0.05) is 30.9 Å². The van der Waals surface area contributed by atoms with E-state index in [1.807, 2.05) is 37.3 Å². The summed E-state index contributed by atoms with van der Waals surface area (Å²) >= 11 is 0. The summed E-state index contributed by atoms with van der Waals surface area (Å²) < 4.78 is 59.2. The number of hydrogen-bond donors (Lipinski definition) is 4. The third-order valence-corrected chi connectivity index (χ3v) is 9.63. The molecule has 0 saturated carbocycles. The molecule has 3 heterocycles. The molecule has 0 bridgehead atoms.